The summed E-state index contributed by atoms with van der Waals surface area (Å²) in [5, 5.41) is 14.5. The molecule has 0 atom stereocenters. The minimum Gasteiger partial charge on any atom is -0.486 e. The number of hydrogen-bond acceptors (Lipinski definition) is 7. The van der Waals surface area contributed by atoms with Gasteiger partial charge in [-0.3, -0.25) is 10.1 Å². The summed E-state index contributed by atoms with van der Waals surface area (Å²) in [6.07, 6.45) is 0. The normalized spacial score (nSPS) is 13.6. The van der Waals surface area contributed by atoms with Crippen molar-refractivity contribution in [3.8, 4) is 11.5 Å². The fourth-order valence-electron chi connectivity index (χ4n) is 1.80. The predicted molar refractivity (Wildman–Crippen MR) is 66.8 cm³/mol. The highest BCUT2D eigenvalue weighted by atomic mass is 32.1. The highest BCUT2D eigenvalue weighted by molar-refractivity contribution is 7.22. The van der Waals surface area contributed by atoms with Gasteiger partial charge in [-0.15, -0.1) is 0 Å². The molecule has 1 aromatic heterocycles. The summed E-state index contributed by atoms with van der Waals surface area (Å²) in [6.45, 7) is 0.833. The third-order valence-electron chi connectivity index (χ3n) is 2.57. The van der Waals surface area contributed by atoms with E-state index in [-0.39, 0.29) is 5.69 Å². The van der Waals surface area contributed by atoms with Crippen molar-refractivity contribution in [2.24, 2.45) is 0 Å². The van der Waals surface area contributed by atoms with E-state index in [9.17, 15) is 10.1 Å². The first kappa shape index (κ1) is 11.0. The first-order chi connectivity index (χ1) is 8.70. The number of nitrogens with one attached hydrogen (secondary N) is 1. The van der Waals surface area contributed by atoms with Crippen LogP contribution in [-0.4, -0.2) is 30.2 Å². The summed E-state index contributed by atoms with van der Waals surface area (Å²) in [7, 11) is 1.72. The van der Waals surface area contributed by atoms with Crippen LogP contribution in [0.2, 0.25) is 0 Å². The minimum atomic E-state index is -0.459. The van der Waals surface area contributed by atoms with Gasteiger partial charge in [0.25, 0.3) is 5.69 Å². The number of aromatic nitrogens is 1. The lowest BCUT2D eigenvalue weighted by molar-refractivity contribution is -0.383. The van der Waals surface area contributed by atoms with E-state index < -0.39 is 4.92 Å². The lowest BCUT2D eigenvalue weighted by Gasteiger charge is -2.18. The second-order valence-electron chi connectivity index (χ2n) is 3.62. The second-order valence-corrected chi connectivity index (χ2v) is 4.62. The quantitative estimate of drug-likeness (QED) is 0.661. The van der Waals surface area contributed by atoms with Crippen LogP contribution in [0.15, 0.2) is 6.07 Å². The first-order valence-electron chi connectivity index (χ1n) is 5.26. The van der Waals surface area contributed by atoms with Crippen molar-refractivity contribution in [3.05, 3.63) is 16.2 Å². The van der Waals surface area contributed by atoms with Gasteiger partial charge in [0.05, 0.1) is 11.0 Å². The molecule has 0 spiro atoms. The van der Waals surface area contributed by atoms with Crippen molar-refractivity contribution in [1.29, 1.82) is 0 Å². The lowest BCUT2D eigenvalue weighted by Crippen LogP contribution is -2.15. The highest BCUT2D eigenvalue weighted by Gasteiger charge is 2.26. The molecule has 1 aliphatic rings. The first-order valence-corrected chi connectivity index (χ1v) is 6.07. The number of rotatable bonds is 2. The summed E-state index contributed by atoms with van der Waals surface area (Å²) >= 11 is 1.31. The van der Waals surface area contributed by atoms with Crippen LogP contribution in [0.3, 0.4) is 0 Å². The third kappa shape index (κ3) is 1.53. The van der Waals surface area contributed by atoms with E-state index >= 15 is 0 Å². The molecule has 0 unspecified atom stereocenters. The Hall–Kier alpha value is -2.09. The molecule has 2 aromatic rings. The summed E-state index contributed by atoms with van der Waals surface area (Å²) in [4.78, 5) is 14.8. The standard InChI is InChI=1S/C10H9N3O4S/c1-11-10-12-7-5(13(14)15)4-6-8(9(7)18-10)17-3-2-16-6/h4H,2-3H2,1H3,(H,11,12). The number of fused-ring (bicyclic) bond motifs is 3. The maximum absolute atomic E-state index is 11.1. The maximum Gasteiger partial charge on any atom is 0.300 e. The SMILES string of the molecule is CNc1nc2c([N+](=O)[O-])cc3c(c2s1)OCCO3. The fraction of sp³-hybridized carbons (Fsp3) is 0.300. The minimum absolute atomic E-state index is 0.0630. The third-order valence-corrected chi connectivity index (χ3v) is 3.64. The van der Waals surface area contributed by atoms with Gasteiger partial charge in [0, 0.05) is 7.05 Å². The van der Waals surface area contributed by atoms with Gasteiger partial charge in [-0.2, -0.15) is 0 Å². The molecule has 1 N–H and O–H groups in total. The number of non-ortho nitro benzene ring substituents is 1. The van der Waals surface area contributed by atoms with E-state index in [0.717, 1.165) is 0 Å². The highest BCUT2D eigenvalue weighted by Crippen LogP contribution is 2.46. The molecule has 0 fully saturated rings. The van der Waals surface area contributed by atoms with Crippen molar-refractivity contribution < 1.29 is 14.4 Å². The van der Waals surface area contributed by atoms with E-state index in [0.29, 0.717) is 40.1 Å². The molecule has 3 rings (SSSR count). The number of anilines is 1. The molecule has 0 saturated carbocycles. The van der Waals surface area contributed by atoms with Crippen molar-refractivity contribution in [2.75, 3.05) is 25.6 Å². The van der Waals surface area contributed by atoms with Gasteiger partial charge in [0.2, 0.25) is 0 Å². The van der Waals surface area contributed by atoms with Crippen molar-refractivity contribution in [2.45, 2.75) is 0 Å². The number of nitro groups is 1. The lowest BCUT2D eigenvalue weighted by atomic mass is 10.2. The Morgan fingerprint density at radius 1 is 1.50 bits per heavy atom. The summed E-state index contributed by atoms with van der Waals surface area (Å²) in [5.74, 6) is 0.951. The number of nitro benzene ring substituents is 1. The van der Waals surface area contributed by atoms with E-state index in [1.807, 2.05) is 0 Å². The van der Waals surface area contributed by atoms with Crippen molar-refractivity contribution in [3.63, 3.8) is 0 Å². The molecule has 8 heteroatoms. The molecule has 18 heavy (non-hydrogen) atoms. The fourth-order valence-corrected chi connectivity index (χ4v) is 2.73. The van der Waals surface area contributed by atoms with Crippen molar-refractivity contribution >= 4 is 32.4 Å². The number of nitrogens with zero attached hydrogens (tertiary/aromatic N) is 2. The smallest absolute Gasteiger partial charge is 0.300 e. The zero-order valence-corrected chi connectivity index (χ0v) is 10.2. The number of thiazole rings is 1. The Kier molecular flexibility index (Phi) is 2.44. The molecule has 1 aliphatic heterocycles. The van der Waals surface area contributed by atoms with Gasteiger partial charge in [-0.1, -0.05) is 11.3 Å². The van der Waals surface area contributed by atoms with Crippen LogP contribution in [0.25, 0.3) is 10.2 Å². The Labute approximate surface area is 105 Å². The largest absolute Gasteiger partial charge is 0.486 e. The van der Waals surface area contributed by atoms with Crippen LogP contribution < -0.4 is 14.8 Å². The molecule has 0 bridgehead atoms. The molecule has 94 valence electrons. The van der Waals surface area contributed by atoms with E-state index in [1.165, 1.54) is 17.4 Å². The summed E-state index contributed by atoms with van der Waals surface area (Å²) < 4.78 is 11.6. The molecular weight excluding hydrogens is 258 g/mol. The number of benzene rings is 1. The molecule has 0 saturated heterocycles. The molecule has 0 amide bonds. The average Bonchev–Trinajstić information content (AvgIpc) is 2.81. The van der Waals surface area contributed by atoms with Gasteiger partial charge < -0.3 is 14.8 Å². The monoisotopic (exact) mass is 267 g/mol. The summed E-state index contributed by atoms with van der Waals surface area (Å²) in [5.41, 5.74) is 0.269. The van der Waals surface area contributed by atoms with Crippen LogP contribution in [0, 0.1) is 10.1 Å². The van der Waals surface area contributed by atoms with E-state index in [1.54, 1.807) is 7.05 Å². The topological polar surface area (TPSA) is 86.5 Å². The second kappa shape index (κ2) is 3.98. The maximum atomic E-state index is 11.1. The predicted octanol–water partition coefficient (Wildman–Crippen LogP) is 2.02. The Morgan fingerprint density at radius 2 is 2.28 bits per heavy atom. The number of hydrogen-bond donors (Lipinski definition) is 1. The summed E-state index contributed by atoms with van der Waals surface area (Å²) in [6, 6.07) is 1.37. The Morgan fingerprint density at radius 3 is 3.00 bits per heavy atom. The zero-order valence-electron chi connectivity index (χ0n) is 9.43. The zero-order chi connectivity index (χ0) is 12.7. The molecule has 1 aromatic carbocycles. The van der Waals surface area contributed by atoms with Gasteiger partial charge in [-0.05, 0) is 0 Å². The van der Waals surface area contributed by atoms with Crippen LogP contribution in [-0.2, 0) is 0 Å². The molecular formula is C10H9N3O4S. The van der Waals surface area contributed by atoms with E-state index in [2.05, 4.69) is 10.3 Å². The van der Waals surface area contributed by atoms with Crippen LogP contribution in [0.5, 0.6) is 11.5 Å². The Balaban J connectivity index is 2.34. The molecule has 7 nitrogen and oxygen atoms in total. The number of ether oxygens (including phenoxy) is 2. The molecule has 0 aliphatic carbocycles. The van der Waals surface area contributed by atoms with E-state index in [4.69, 9.17) is 9.47 Å². The van der Waals surface area contributed by atoms with Gasteiger partial charge in [0.1, 0.15) is 17.9 Å². The molecule has 2 heterocycles. The molecule has 0 radical (unpaired) electrons. The van der Waals surface area contributed by atoms with Gasteiger partial charge in [-0.25, -0.2) is 4.98 Å². The van der Waals surface area contributed by atoms with Gasteiger partial charge >= 0.3 is 0 Å². The average molecular weight is 267 g/mol. The van der Waals surface area contributed by atoms with Crippen molar-refractivity contribution in [1.82, 2.24) is 4.98 Å². The van der Waals surface area contributed by atoms with Crippen LogP contribution in [0.1, 0.15) is 0 Å². The Bertz CT molecular complexity index is 640. The van der Waals surface area contributed by atoms with Crippen LogP contribution in [0.4, 0.5) is 10.8 Å². The van der Waals surface area contributed by atoms with Gasteiger partial charge in [0.15, 0.2) is 22.1 Å². The van der Waals surface area contributed by atoms with Crippen LogP contribution >= 0.6 is 11.3 Å².